The van der Waals surface area contributed by atoms with E-state index in [2.05, 4.69) is 23.5 Å². The van der Waals surface area contributed by atoms with Gasteiger partial charge in [-0.2, -0.15) is 0 Å². The molecular weight excluding hydrogens is 322 g/mol. The Bertz CT molecular complexity index is 887. The minimum absolute atomic E-state index is 0.112. The molecule has 0 saturated heterocycles. The minimum atomic E-state index is -0.564. The predicted octanol–water partition coefficient (Wildman–Crippen LogP) is 4.74. The smallest absolute Gasteiger partial charge is 0.261 e. The molecule has 26 heavy (non-hydrogen) atoms. The summed E-state index contributed by atoms with van der Waals surface area (Å²) < 4.78 is 5.87. The van der Waals surface area contributed by atoms with Crippen LogP contribution in [-0.4, -0.2) is 17.6 Å². The van der Waals surface area contributed by atoms with Gasteiger partial charge in [0.25, 0.3) is 5.91 Å². The average Bonchev–Trinajstić information content (AvgIpc) is 2.61. The minimum Gasteiger partial charge on any atom is -0.481 e. The lowest BCUT2D eigenvalue weighted by atomic mass is 9.94. The number of hydrogen-bond acceptors (Lipinski definition) is 2. The molecule has 0 spiro atoms. The first-order valence-electron chi connectivity index (χ1n) is 8.94. The molecule has 0 aliphatic carbocycles. The van der Waals surface area contributed by atoms with Crippen molar-refractivity contribution in [2.24, 2.45) is 0 Å². The topological polar surface area (TPSA) is 38.3 Å². The van der Waals surface area contributed by atoms with Crippen molar-refractivity contribution in [3.8, 4) is 5.75 Å². The Morgan fingerprint density at radius 1 is 0.962 bits per heavy atom. The van der Waals surface area contributed by atoms with E-state index in [4.69, 9.17) is 4.74 Å². The van der Waals surface area contributed by atoms with Crippen LogP contribution in [0.2, 0.25) is 0 Å². The number of nitrogens with one attached hydrogen (secondary N) is 1. The van der Waals surface area contributed by atoms with Gasteiger partial charge < -0.3 is 10.1 Å². The molecule has 0 aromatic heterocycles. The van der Waals surface area contributed by atoms with E-state index in [0.717, 1.165) is 17.2 Å². The summed E-state index contributed by atoms with van der Waals surface area (Å²) >= 11 is 0. The fourth-order valence-electron chi connectivity index (χ4n) is 3.08. The van der Waals surface area contributed by atoms with E-state index in [9.17, 15) is 4.79 Å². The fourth-order valence-corrected chi connectivity index (χ4v) is 3.08. The quantitative estimate of drug-likeness (QED) is 0.699. The Morgan fingerprint density at radius 3 is 2.35 bits per heavy atom. The van der Waals surface area contributed by atoms with Gasteiger partial charge in [0.1, 0.15) is 5.75 Å². The van der Waals surface area contributed by atoms with Crippen LogP contribution in [0.15, 0.2) is 72.8 Å². The second kappa shape index (κ2) is 7.61. The van der Waals surface area contributed by atoms with Crippen molar-refractivity contribution < 1.29 is 9.53 Å². The Morgan fingerprint density at radius 2 is 1.62 bits per heavy atom. The van der Waals surface area contributed by atoms with Crippen LogP contribution >= 0.6 is 0 Å². The van der Waals surface area contributed by atoms with Crippen LogP contribution in [-0.2, 0) is 11.2 Å². The zero-order valence-electron chi connectivity index (χ0n) is 15.5. The summed E-state index contributed by atoms with van der Waals surface area (Å²) in [7, 11) is 0. The third-order valence-electron chi connectivity index (χ3n) is 4.35. The molecule has 3 nitrogen and oxygen atoms in total. The number of fused-ring (bicyclic) bond motifs is 1. The first-order chi connectivity index (χ1) is 12.4. The van der Waals surface area contributed by atoms with Gasteiger partial charge in [-0.1, -0.05) is 60.7 Å². The average molecular weight is 347 g/mol. The van der Waals surface area contributed by atoms with E-state index in [1.807, 2.05) is 68.4 Å². The van der Waals surface area contributed by atoms with Crippen LogP contribution in [0.25, 0.3) is 10.8 Å². The van der Waals surface area contributed by atoms with Crippen LogP contribution in [0.5, 0.6) is 5.75 Å². The summed E-state index contributed by atoms with van der Waals surface area (Å²) in [5.74, 6) is 0.589. The number of carbonyl (C=O) groups excluding carboxylic acids is 1. The van der Waals surface area contributed by atoms with Crippen molar-refractivity contribution in [1.82, 2.24) is 5.32 Å². The molecule has 3 rings (SSSR count). The number of carbonyl (C=O) groups is 1. The highest BCUT2D eigenvalue weighted by Crippen LogP contribution is 2.21. The van der Waals surface area contributed by atoms with Gasteiger partial charge >= 0.3 is 0 Å². The van der Waals surface area contributed by atoms with Gasteiger partial charge in [0, 0.05) is 5.54 Å². The maximum absolute atomic E-state index is 12.6. The fraction of sp³-hybridized carbons (Fsp3) is 0.261. The number of benzene rings is 3. The molecule has 0 aliphatic rings. The summed E-state index contributed by atoms with van der Waals surface area (Å²) in [5.41, 5.74) is 0.848. The second-order valence-electron chi connectivity index (χ2n) is 7.30. The highest BCUT2D eigenvalue weighted by molar-refractivity contribution is 5.84. The van der Waals surface area contributed by atoms with E-state index in [1.165, 1.54) is 5.56 Å². The maximum atomic E-state index is 12.6. The molecule has 3 heteroatoms. The molecule has 0 heterocycles. The first kappa shape index (κ1) is 18.0. The SMILES string of the molecule is C[C@H](Oc1ccc2ccccc2c1)C(=O)NC(C)(C)Cc1ccccc1. The lowest BCUT2D eigenvalue weighted by molar-refractivity contribution is -0.128. The van der Waals surface area contributed by atoms with E-state index < -0.39 is 6.10 Å². The van der Waals surface area contributed by atoms with Gasteiger partial charge in [-0.05, 0) is 55.7 Å². The lowest BCUT2D eigenvalue weighted by Crippen LogP contribution is -2.49. The molecular formula is C23H25NO2. The van der Waals surface area contributed by atoms with Crippen LogP contribution in [0.1, 0.15) is 26.3 Å². The Balaban J connectivity index is 1.63. The molecule has 1 amide bonds. The Labute approximate surface area is 155 Å². The molecule has 0 aliphatic heterocycles. The summed E-state index contributed by atoms with van der Waals surface area (Å²) in [6.07, 6.45) is 0.202. The highest BCUT2D eigenvalue weighted by atomic mass is 16.5. The van der Waals surface area contributed by atoms with Gasteiger partial charge in [0.05, 0.1) is 0 Å². The van der Waals surface area contributed by atoms with Crippen molar-refractivity contribution >= 4 is 16.7 Å². The largest absolute Gasteiger partial charge is 0.481 e. The highest BCUT2D eigenvalue weighted by Gasteiger charge is 2.25. The van der Waals surface area contributed by atoms with Crippen molar-refractivity contribution in [2.75, 3.05) is 0 Å². The summed E-state index contributed by atoms with van der Waals surface area (Å²) in [4.78, 5) is 12.6. The Hall–Kier alpha value is -2.81. The number of ether oxygens (including phenoxy) is 1. The number of hydrogen-bond donors (Lipinski definition) is 1. The van der Waals surface area contributed by atoms with E-state index in [0.29, 0.717) is 5.75 Å². The van der Waals surface area contributed by atoms with Gasteiger partial charge in [-0.15, -0.1) is 0 Å². The molecule has 3 aromatic rings. The number of amides is 1. The third kappa shape index (κ3) is 4.63. The van der Waals surface area contributed by atoms with Crippen LogP contribution in [0, 0.1) is 0 Å². The van der Waals surface area contributed by atoms with Crippen LogP contribution in [0.4, 0.5) is 0 Å². The maximum Gasteiger partial charge on any atom is 0.261 e. The van der Waals surface area contributed by atoms with E-state index >= 15 is 0 Å². The van der Waals surface area contributed by atoms with Crippen molar-refractivity contribution in [1.29, 1.82) is 0 Å². The summed E-state index contributed by atoms with van der Waals surface area (Å²) in [6, 6.07) is 24.1. The normalized spacial score (nSPS) is 12.6. The zero-order chi connectivity index (χ0) is 18.6. The van der Waals surface area contributed by atoms with Gasteiger partial charge in [0.15, 0.2) is 6.10 Å². The first-order valence-corrected chi connectivity index (χ1v) is 8.94. The molecule has 1 atom stereocenters. The van der Waals surface area contributed by atoms with E-state index in [-0.39, 0.29) is 11.4 Å². The van der Waals surface area contributed by atoms with Crippen LogP contribution in [0.3, 0.4) is 0 Å². The summed E-state index contributed by atoms with van der Waals surface area (Å²) in [6.45, 7) is 5.84. The number of rotatable bonds is 6. The molecule has 0 saturated carbocycles. The monoisotopic (exact) mass is 347 g/mol. The Kier molecular flexibility index (Phi) is 5.27. The third-order valence-corrected chi connectivity index (χ3v) is 4.35. The molecule has 1 N–H and O–H groups in total. The second-order valence-corrected chi connectivity index (χ2v) is 7.30. The lowest BCUT2D eigenvalue weighted by Gasteiger charge is -2.28. The van der Waals surface area contributed by atoms with Gasteiger partial charge in [-0.3, -0.25) is 4.79 Å². The predicted molar refractivity (Wildman–Crippen MR) is 106 cm³/mol. The standard InChI is InChI=1S/C23H25NO2/c1-17(26-21-14-13-19-11-7-8-12-20(19)15-21)22(25)24-23(2,3)16-18-9-5-4-6-10-18/h4-15,17H,16H2,1-3H3,(H,24,25)/t17-/m0/s1. The van der Waals surface area contributed by atoms with Gasteiger partial charge in [-0.25, -0.2) is 0 Å². The van der Waals surface area contributed by atoms with Crippen molar-refractivity contribution in [3.63, 3.8) is 0 Å². The molecule has 134 valence electrons. The molecule has 0 bridgehead atoms. The zero-order valence-corrected chi connectivity index (χ0v) is 15.5. The molecule has 3 aromatic carbocycles. The van der Waals surface area contributed by atoms with Crippen LogP contribution < -0.4 is 10.1 Å². The summed E-state index contributed by atoms with van der Waals surface area (Å²) in [5, 5.41) is 5.35. The van der Waals surface area contributed by atoms with E-state index in [1.54, 1.807) is 6.92 Å². The molecule has 0 unspecified atom stereocenters. The van der Waals surface area contributed by atoms with Crippen molar-refractivity contribution in [2.45, 2.75) is 38.8 Å². The van der Waals surface area contributed by atoms with Crippen molar-refractivity contribution in [3.05, 3.63) is 78.4 Å². The molecule has 0 fully saturated rings. The van der Waals surface area contributed by atoms with Gasteiger partial charge in [0.2, 0.25) is 0 Å². The molecule has 0 radical (unpaired) electrons.